The molecule has 0 amide bonds. The molecule has 0 spiro atoms. The second-order valence-electron chi connectivity index (χ2n) is 8.33. The van der Waals surface area contributed by atoms with Crippen molar-refractivity contribution in [2.24, 2.45) is 0 Å². The average Bonchev–Trinajstić information content (AvgIpc) is 2.59. The second kappa shape index (κ2) is 9.95. The van der Waals surface area contributed by atoms with Crippen molar-refractivity contribution in [1.29, 1.82) is 0 Å². The number of phenols is 1. The lowest BCUT2D eigenvalue weighted by Gasteiger charge is -2.31. The highest BCUT2D eigenvalue weighted by Crippen LogP contribution is 2.62. The van der Waals surface area contributed by atoms with E-state index >= 15 is 0 Å². The summed E-state index contributed by atoms with van der Waals surface area (Å²) >= 11 is 0. The molecule has 2 aromatic rings. The third-order valence-corrected chi connectivity index (χ3v) is 7.38. The fourth-order valence-corrected chi connectivity index (χ4v) is 5.78. The quantitative estimate of drug-likeness (QED) is 0.456. The molecule has 1 aromatic carbocycles. The van der Waals surface area contributed by atoms with Crippen LogP contribution in [0.2, 0.25) is 0 Å². The molecule has 2 rings (SSSR count). The summed E-state index contributed by atoms with van der Waals surface area (Å²) in [6, 6.07) is 7.62. The first kappa shape index (κ1) is 24.4. The molecule has 1 unspecified atom stereocenters. The summed E-state index contributed by atoms with van der Waals surface area (Å²) in [5, 5.41) is 13.6. The Bertz CT molecular complexity index is 890. The molecule has 0 aliphatic heterocycles. The fraction of sp³-hybridized carbons (Fsp3) is 0.522. The number of hydrogen-bond acceptors (Lipinski definition) is 6. The van der Waals surface area contributed by atoms with E-state index in [4.69, 9.17) is 9.05 Å². The first-order chi connectivity index (χ1) is 13.9. The maximum absolute atomic E-state index is 14.0. The van der Waals surface area contributed by atoms with E-state index in [-0.39, 0.29) is 18.0 Å². The molecular formula is C23H35N2O4P. The highest BCUT2D eigenvalue weighted by Gasteiger charge is 2.39. The van der Waals surface area contributed by atoms with E-state index in [0.717, 1.165) is 33.8 Å². The monoisotopic (exact) mass is 434 g/mol. The van der Waals surface area contributed by atoms with E-state index in [9.17, 15) is 9.67 Å². The van der Waals surface area contributed by atoms with E-state index in [1.165, 1.54) is 0 Å². The minimum absolute atomic E-state index is 0.244. The molecular weight excluding hydrogens is 399 g/mol. The maximum Gasteiger partial charge on any atom is 0.340 e. The molecule has 0 saturated carbocycles. The number of aromatic nitrogens is 1. The van der Waals surface area contributed by atoms with E-state index in [0.29, 0.717) is 6.54 Å². The molecule has 0 bridgehead atoms. The van der Waals surface area contributed by atoms with Crippen molar-refractivity contribution in [2.45, 2.75) is 73.3 Å². The highest BCUT2D eigenvalue weighted by molar-refractivity contribution is 7.54. The molecule has 166 valence electrons. The van der Waals surface area contributed by atoms with E-state index in [1.54, 1.807) is 0 Å². The zero-order valence-corrected chi connectivity index (χ0v) is 20.2. The van der Waals surface area contributed by atoms with Crippen LogP contribution in [0.5, 0.6) is 5.75 Å². The maximum atomic E-state index is 14.0. The molecule has 1 heterocycles. The van der Waals surface area contributed by atoms with Crippen molar-refractivity contribution in [1.82, 2.24) is 4.98 Å². The zero-order valence-electron chi connectivity index (χ0n) is 19.3. The van der Waals surface area contributed by atoms with Crippen molar-refractivity contribution in [3.8, 4) is 5.75 Å². The van der Waals surface area contributed by atoms with Gasteiger partial charge in [-0.15, -0.1) is 0 Å². The Morgan fingerprint density at radius 3 is 2.00 bits per heavy atom. The summed E-state index contributed by atoms with van der Waals surface area (Å²) in [5.41, 5.74) is 4.39. The SMILES string of the molecule is Cc1ccc(NCC(c2cc(C)c(O)c(C)c2)P(=O)(OC(C)C)OC(C)C)c(C)n1. The predicted octanol–water partition coefficient (Wildman–Crippen LogP) is 6.22. The van der Waals surface area contributed by atoms with E-state index in [2.05, 4.69) is 10.3 Å². The Hall–Kier alpha value is -1.88. The van der Waals surface area contributed by atoms with Crippen LogP contribution in [-0.2, 0) is 13.6 Å². The van der Waals surface area contributed by atoms with Gasteiger partial charge in [-0.3, -0.25) is 9.55 Å². The number of hydrogen-bond donors (Lipinski definition) is 2. The van der Waals surface area contributed by atoms with Crippen molar-refractivity contribution >= 4 is 13.3 Å². The van der Waals surface area contributed by atoms with Crippen LogP contribution in [0.1, 0.15) is 61.4 Å². The normalized spacial score (nSPS) is 13.1. The average molecular weight is 435 g/mol. The fourth-order valence-electron chi connectivity index (χ4n) is 3.43. The molecule has 30 heavy (non-hydrogen) atoms. The topological polar surface area (TPSA) is 80.7 Å². The lowest BCUT2D eigenvalue weighted by atomic mass is 10.0. The minimum Gasteiger partial charge on any atom is -0.507 e. The van der Waals surface area contributed by atoms with Crippen LogP contribution in [0.15, 0.2) is 24.3 Å². The van der Waals surface area contributed by atoms with Crippen molar-refractivity contribution in [2.75, 3.05) is 11.9 Å². The Kier molecular flexibility index (Phi) is 8.09. The van der Waals surface area contributed by atoms with Gasteiger partial charge in [0.05, 0.1) is 23.6 Å². The minimum atomic E-state index is -3.54. The van der Waals surface area contributed by atoms with Crippen molar-refractivity contribution in [3.05, 3.63) is 52.3 Å². The summed E-state index contributed by atoms with van der Waals surface area (Å²) in [7, 11) is -3.54. The van der Waals surface area contributed by atoms with Gasteiger partial charge in [-0.05, 0) is 84.2 Å². The number of nitrogens with zero attached hydrogens (tertiary/aromatic N) is 1. The van der Waals surface area contributed by atoms with Gasteiger partial charge in [-0.25, -0.2) is 0 Å². The van der Waals surface area contributed by atoms with Gasteiger partial charge in [0.15, 0.2) is 0 Å². The number of phenolic OH excluding ortho intramolecular Hbond substituents is 1. The largest absolute Gasteiger partial charge is 0.507 e. The van der Waals surface area contributed by atoms with Gasteiger partial charge in [0, 0.05) is 12.2 Å². The number of aryl methyl sites for hydroxylation is 4. The molecule has 2 N–H and O–H groups in total. The van der Waals surface area contributed by atoms with Gasteiger partial charge in [-0.2, -0.15) is 0 Å². The molecule has 1 aromatic heterocycles. The van der Waals surface area contributed by atoms with Gasteiger partial charge < -0.3 is 19.5 Å². The molecule has 0 fully saturated rings. The number of nitrogens with one attached hydrogen (secondary N) is 1. The van der Waals surface area contributed by atoms with Gasteiger partial charge in [-0.1, -0.05) is 12.1 Å². The number of rotatable bonds is 9. The molecule has 0 aliphatic carbocycles. The smallest absolute Gasteiger partial charge is 0.340 e. The van der Waals surface area contributed by atoms with E-state index in [1.807, 2.05) is 79.7 Å². The van der Waals surface area contributed by atoms with Gasteiger partial charge in [0.25, 0.3) is 0 Å². The first-order valence-electron chi connectivity index (χ1n) is 10.4. The van der Waals surface area contributed by atoms with Crippen LogP contribution < -0.4 is 5.32 Å². The third kappa shape index (κ3) is 6.07. The second-order valence-corrected chi connectivity index (χ2v) is 10.5. The van der Waals surface area contributed by atoms with Gasteiger partial charge in [0.2, 0.25) is 0 Å². The molecule has 6 nitrogen and oxygen atoms in total. The predicted molar refractivity (Wildman–Crippen MR) is 123 cm³/mol. The molecule has 7 heteroatoms. The van der Waals surface area contributed by atoms with Crippen molar-refractivity contribution < 1.29 is 18.7 Å². The van der Waals surface area contributed by atoms with Crippen LogP contribution in [0, 0.1) is 27.7 Å². The number of anilines is 1. The summed E-state index contributed by atoms with van der Waals surface area (Å²) in [4.78, 5) is 4.50. The number of pyridine rings is 1. The molecule has 0 radical (unpaired) electrons. The van der Waals surface area contributed by atoms with Crippen molar-refractivity contribution in [3.63, 3.8) is 0 Å². The Morgan fingerprint density at radius 2 is 1.53 bits per heavy atom. The lowest BCUT2D eigenvalue weighted by molar-refractivity contribution is 0.137. The molecule has 0 saturated heterocycles. The highest BCUT2D eigenvalue weighted by atomic mass is 31.2. The van der Waals surface area contributed by atoms with Gasteiger partial charge >= 0.3 is 7.60 Å². The van der Waals surface area contributed by atoms with Crippen LogP contribution in [0.3, 0.4) is 0 Å². The first-order valence-corrected chi connectivity index (χ1v) is 12.0. The molecule has 0 aliphatic rings. The lowest BCUT2D eigenvalue weighted by Crippen LogP contribution is -2.20. The third-order valence-electron chi connectivity index (χ3n) is 4.71. The van der Waals surface area contributed by atoms with Crippen LogP contribution in [-0.4, -0.2) is 28.8 Å². The number of benzene rings is 1. The Balaban J connectivity index is 2.51. The summed E-state index contributed by atoms with van der Waals surface area (Å²) in [6.45, 7) is 15.3. The molecule has 1 atom stereocenters. The van der Waals surface area contributed by atoms with E-state index < -0.39 is 13.3 Å². The Morgan fingerprint density at radius 1 is 1.00 bits per heavy atom. The summed E-state index contributed by atoms with van der Waals surface area (Å²) in [6.07, 6.45) is -0.529. The Labute approximate surface area is 180 Å². The van der Waals surface area contributed by atoms with Gasteiger partial charge in [0.1, 0.15) is 11.4 Å². The van der Waals surface area contributed by atoms with Crippen LogP contribution >= 0.6 is 7.60 Å². The summed E-state index contributed by atoms with van der Waals surface area (Å²) < 4.78 is 25.9. The number of aromatic hydroxyl groups is 1. The zero-order chi connectivity index (χ0) is 22.6. The van der Waals surface area contributed by atoms with Crippen LogP contribution in [0.25, 0.3) is 0 Å². The van der Waals surface area contributed by atoms with Crippen LogP contribution in [0.4, 0.5) is 5.69 Å². The standard InChI is InChI=1S/C23H35N2O4P/c1-14(2)28-30(27,29-15(3)4)22(20-11-16(5)23(26)17(6)12-20)13-24-21-10-9-18(7)25-19(21)8/h9-12,14-15,22,24,26H,13H2,1-8H3. The summed E-state index contributed by atoms with van der Waals surface area (Å²) in [5.74, 6) is 0.244.